The van der Waals surface area contributed by atoms with Crippen molar-refractivity contribution in [2.75, 3.05) is 0 Å². The largest absolute Gasteiger partial charge is 0.469 e. The SMILES string of the molecule is CC(=O)OC1CCC(C)(C)C2(O)CC(O)C3C(C=O)c4ccoc4CC3C12C. The molecule has 0 aliphatic heterocycles. The quantitative estimate of drug-likeness (QED) is 0.595. The first-order valence-corrected chi connectivity index (χ1v) is 10.2. The average molecular weight is 390 g/mol. The van der Waals surface area contributed by atoms with Crippen LogP contribution in [0.15, 0.2) is 16.7 Å². The molecule has 0 bridgehead atoms. The van der Waals surface area contributed by atoms with Crippen molar-refractivity contribution in [3.8, 4) is 0 Å². The smallest absolute Gasteiger partial charge is 0.302 e. The van der Waals surface area contributed by atoms with Gasteiger partial charge in [0, 0.05) is 42.6 Å². The first kappa shape index (κ1) is 19.6. The number of rotatable bonds is 2. The third-order valence-corrected chi connectivity index (χ3v) is 8.31. The first-order chi connectivity index (χ1) is 13.1. The summed E-state index contributed by atoms with van der Waals surface area (Å²) in [5.74, 6) is -0.746. The van der Waals surface area contributed by atoms with Gasteiger partial charge in [0.2, 0.25) is 0 Å². The molecule has 4 rings (SSSR count). The molecule has 0 spiro atoms. The van der Waals surface area contributed by atoms with E-state index in [0.29, 0.717) is 19.3 Å². The molecule has 154 valence electrons. The Balaban J connectivity index is 1.90. The minimum atomic E-state index is -1.24. The van der Waals surface area contributed by atoms with Crippen molar-refractivity contribution in [1.82, 2.24) is 0 Å². The highest BCUT2D eigenvalue weighted by molar-refractivity contribution is 5.66. The summed E-state index contributed by atoms with van der Waals surface area (Å²) in [6.07, 6.45) is 3.15. The Hall–Kier alpha value is -1.66. The number of hydrogen-bond donors (Lipinski definition) is 2. The Morgan fingerprint density at radius 3 is 2.71 bits per heavy atom. The van der Waals surface area contributed by atoms with Gasteiger partial charge < -0.3 is 24.2 Å². The van der Waals surface area contributed by atoms with E-state index >= 15 is 0 Å². The average Bonchev–Trinajstić information content (AvgIpc) is 3.08. The van der Waals surface area contributed by atoms with Crippen LogP contribution in [0.4, 0.5) is 0 Å². The van der Waals surface area contributed by atoms with Crippen LogP contribution >= 0.6 is 0 Å². The number of esters is 1. The standard InChI is InChI=1S/C22H30O6/c1-12(24)28-18-5-7-20(2,3)22(26)10-16(25)19-14(11-23)13-6-8-27-17(13)9-15(19)21(18,22)4/h6,8,11,14-16,18-19,25-26H,5,7,9-10H2,1-4H3. The second-order valence-electron chi connectivity index (χ2n) is 9.78. The molecule has 28 heavy (non-hydrogen) atoms. The normalized spacial score (nSPS) is 44.0. The number of aliphatic hydroxyl groups is 2. The van der Waals surface area contributed by atoms with E-state index < -0.39 is 34.6 Å². The van der Waals surface area contributed by atoms with Gasteiger partial charge in [-0.15, -0.1) is 0 Å². The molecule has 0 aromatic carbocycles. The molecule has 1 aromatic rings. The van der Waals surface area contributed by atoms with Crippen LogP contribution < -0.4 is 0 Å². The fraction of sp³-hybridized carbons (Fsp3) is 0.727. The molecular formula is C22H30O6. The topological polar surface area (TPSA) is 97.0 Å². The second-order valence-corrected chi connectivity index (χ2v) is 9.78. The number of fused-ring (bicyclic) bond motifs is 4. The van der Waals surface area contributed by atoms with Crippen LogP contribution in [0.5, 0.6) is 0 Å². The number of aliphatic hydroxyl groups excluding tert-OH is 1. The fourth-order valence-electron chi connectivity index (χ4n) is 6.75. The molecule has 0 amide bonds. The molecule has 0 radical (unpaired) electrons. The minimum absolute atomic E-state index is 0.160. The lowest BCUT2D eigenvalue weighted by Gasteiger charge is -2.68. The van der Waals surface area contributed by atoms with E-state index in [-0.39, 0.29) is 24.2 Å². The van der Waals surface area contributed by atoms with Crippen molar-refractivity contribution in [2.24, 2.45) is 22.7 Å². The van der Waals surface area contributed by atoms with Crippen LogP contribution in [0, 0.1) is 22.7 Å². The molecule has 2 fully saturated rings. The molecule has 1 aromatic heterocycles. The summed E-state index contributed by atoms with van der Waals surface area (Å²) in [6.45, 7) is 7.39. The maximum atomic E-state index is 12.1. The zero-order chi connectivity index (χ0) is 20.5. The highest BCUT2D eigenvalue weighted by atomic mass is 16.5. The van der Waals surface area contributed by atoms with Crippen LogP contribution in [0.3, 0.4) is 0 Å². The maximum Gasteiger partial charge on any atom is 0.302 e. The summed E-state index contributed by atoms with van der Waals surface area (Å²) in [7, 11) is 0. The van der Waals surface area contributed by atoms with E-state index in [0.717, 1.165) is 17.6 Å². The van der Waals surface area contributed by atoms with E-state index in [1.54, 1.807) is 12.3 Å². The first-order valence-electron chi connectivity index (χ1n) is 10.2. The number of ether oxygens (including phenoxy) is 1. The summed E-state index contributed by atoms with van der Waals surface area (Å²) in [5, 5.41) is 23.2. The van der Waals surface area contributed by atoms with Gasteiger partial charge in [-0.1, -0.05) is 20.8 Å². The predicted octanol–water partition coefficient (Wildman–Crippen LogP) is 2.60. The second kappa shape index (κ2) is 6.17. The molecular weight excluding hydrogens is 360 g/mol. The lowest BCUT2D eigenvalue weighted by atomic mass is 9.40. The van der Waals surface area contributed by atoms with Crippen molar-refractivity contribution in [3.05, 3.63) is 23.7 Å². The van der Waals surface area contributed by atoms with E-state index in [2.05, 4.69) is 0 Å². The van der Waals surface area contributed by atoms with Crippen molar-refractivity contribution in [1.29, 1.82) is 0 Å². The Labute approximate surface area is 165 Å². The Bertz CT molecular complexity index is 797. The van der Waals surface area contributed by atoms with Crippen molar-refractivity contribution < 1.29 is 29.0 Å². The summed E-state index contributed by atoms with van der Waals surface area (Å²) in [5.41, 5.74) is -1.69. The van der Waals surface area contributed by atoms with Gasteiger partial charge in [0.25, 0.3) is 0 Å². The van der Waals surface area contributed by atoms with Gasteiger partial charge in [-0.05, 0) is 30.2 Å². The molecule has 0 saturated heterocycles. The van der Waals surface area contributed by atoms with E-state index in [1.165, 1.54) is 6.92 Å². The van der Waals surface area contributed by atoms with Crippen LogP contribution in [0.25, 0.3) is 0 Å². The van der Waals surface area contributed by atoms with Crippen molar-refractivity contribution >= 4 is 12.3 Å². The lowest BCUT2D eigenvalue weighted by molar-refractivity contribution is -0.296. The number of carbonyl (C=O) groups excluding carboxylic acids is 2. The molecule has 7 atom stereocenters. The summed E-state index contributed by atoms with van der Waals surface area (Å²) < 4.78 is 11.4. The van der Waals surface area contributed by atoms with E-state index in [9.17, 15) is 19.8 Å². The lowest BCUT2D eigenvalue weighted by Crippen LogP contribution is -2.73. The molecule has 3 aliphatic rings. The third kappa shape index (κ3) is 2.34. The number of carbonyl (C=O) groups is 2. The van der Waals surface area contributed by atoms with Crippen LogP contribution in [0.1, 0.15) is 64.2 Å². The Morgan fingerprint density at radius 2 is 2.07 bits per heavy atom. The molecule has 6 nitrogen and oxygen atoms in total. The van der Waals surface area contributed by atoms with Crippen LogP contribution in [0.2, 0.25) is 0 Å². The third-order valence-electron chi connectivity index (χ3n) is 8.31. The van der Waals surface area contributed by atoms with Gasteiger partial charge in [0.1, 0.15) is 18.2 Å². The van der Waals surface area contributed by atoms with Crippen molar-refractivity contribution in [3.63, 3.8) is 0 Å². The number of furan rings is 1. The van der Waals surface area contributed by atoms with Gasteiger partial charge in [-0.2, -0.15) is 0 Å². The molecule has 3 aliphatic carbocycles. The fourth-order valence-corrected chi connectivity index (χ4v) is 6.75. The number of hydrogen-bond acceptors (Lipinski definition) is 6. The molecule has 2 N–H and O–H groups in total. The number of aldehydes is 1. The summed E-state index contributed by atoms with van der Waals surface area (Å²) in [4.78, 5) is 23.9. The molecule has 6 heteroatoms. The highest BCUT2D eigenvalue weighted by Crippen LogP contribution is 2.67. The van der Waals surface area contributed by atoms with E-state index in [1.807, 2.05) is 20.8 Å². The van der Waals surface area contributed by atoms with Gasteiger partial charge in [-0.3, -0.25) is 4.79 Å². The van der Waals surface area contributed by atoms with Crippen LogP contribution in [-0.4, -0.2) is 40.3 Å². The van der Waals surface area contributed by atoms with Gasteiger partial charge in [0.05, 0.1) is 18.0 Å². The zero-order valence-electron chi connectivity index (χ0n) is 17.0. The molecule has 2 saturated carbocycles. The Kier molecular flexibility index (Phi) is 4.33. The van der Waals surface area contributed by atoms with Gasteiger partial charge >= 0.3 is 5.97 Å². The minimum Gasteiger partial charge on any atom is -0.469 e. The Morgan fingerprint density at radius 1 is 1.36 bits per heavy atom. The van der Waals surface area contributed by atoms with E-state index in [4.69, 9.17) is 9.15 Å². The summed E-state index contributed by atoms with van der Waals surface area (Å²) in [6, 6.07) is 1.80. The zero-order valence-corrected chi connectivity index (χ0v) is 17.0. The predicted molar refractivity (Wildman–Crippen MR) is 100 cm³/mol. The highest BCUT2D eigenvalue weighted by Gasteiger charge is 2.71. The summed E-state index contributed by atoms with van der Waals surface area (Å²) >= 11 is 0. The van der Waals surface area contributed by atoms with Gasteiger partial charge in [0.15, 0.2) is 0 Å². The monoisotopic (exact) mass is 390 g/mol. The van der Waals surface area contributed by atoms with Crippen LogP contribution in [-0.2, 0) is 20.7 Å². The van der Waals surface area contributed by atoms with Gasteiger partial charge in [-0.25, -0.2) is 0 Å². The van der Waals surface area contributed by atoms with Crippen molar-refractivity contribution in [2.45, 2.75) is 77.1 Å². The molecule has 7 unspecified atom stereocenters. The molecule has 1 heterocycles. The maximum absolute atomic E-state index is 12.1.